The Kier molecular flexibility index (Phi) is 3.69. The van der Waals surface area contributed by atoms with Crippen molar-refractivity contribution in [2.45, 2.75) is 13.5 Å². The molecule has 0 spiro atoms. The van der Waals surface area contributed by atoms with Crippen LogP contribution in [0.15, 0.2) is 72.8 Å². The number of para-hydroxylation sites is 1. The molecule has 0 saturated heterocycles. The number of phenols is 2. The number of hydrogen-bond donors (Lipinski definition) is 2. The molecule has 0 amide bonds. The quantitative estimate of drug-likeness (QED) is 0.551. The smallest absolute Gasteiger partial charge is 0.115 e. The summed E-state index contributed by atoms with van der Waals surface area (Å²) >= 11 is 0. The number of rotatable bonds is 3. The van der Waals surface area contributed by atoms with E-state index in [1.165, 1.54) is 16.5 Å². The Morgan fingerprint density at radius 1 is 0.760 bits per heavy atom. The highest BCUT2D eigenvalue weighted by molar-refractivity contribution is 5.91. The van der Waals surface area contributed by atoms with Crippen LogP contribution in [0.1, 0.15) is 11.1 Å². The fourth-order valence-corrected chi connectivity index (χ4v) is 3.42. The van der Waals surface area contributed by atoms with E-state index < -0.39 is 0 Å². The molecule has 0 saturated carbocycles. The molecule has 25 heavy (non-hydrogen) atoms. The third-order valence-electron chi connectivity index (χ3n) is 4.64. The van der Waals surface area contributed by atoms with E-state index >= 15 is 0 Å². The Bertz CT molecular complexity index is 1030. The molecule has 1 aromatic heterocycles. The average molecular weight is 329 g/mol. The molecule has 0 bridgehead atoms. The molecule has 3 heteroatoms. The number of aromatic nitrogens is 1. The molecular formula is C22H19NO2. The fraction of sp³-hybridized carbons (Fsp3) is 0.0909. The van der Waals surface area contributed by atoms with Gasteiger partial charge in [0.15, 0.2) is 0 Å². The van der Waals surface area contributed by atoms with Gasteiger partial charge in [0, 0.05) is 17.4 Å². The maximum atomic E-state index is 9.61. The van der Waals surface area contributed by atoms with Crippen molar-refractivity contribution in [3.63, 3.8) is 0 Å². The van der Waals surface area contributed by atoms with Crippen LogP contribution in [0.25, 0.3) is 22.2 Å². The monoisotopic (exact) mass is 329 g/mol. The van der Waals surface area contributed by atoms with Gasteiger partial charge in [0.2, 0.25) is 0 Å². The average Bonchev–Trinajstić information content (AvgIpc) is 2.90. The standard InChI is InChI=1S/C22H19NO2/c1-15-20-4-2-3-5-21(20)23(14-16-6-10-18(24)11-7-16)22(15)17-8-12-19(25)13-9-17/h2-13,24-25H,14H2,1H3. The van der Waals surface area contributed by atoms with Gasteiger partial charge < -0.3 is 14.8 Å². The summed E-state index contributed by atoms with van der Waals surface area (Å²) in [5.41, 5.74) is 5.74. The van der Waals surface area contributed by atoms with E-state index in [2.05, 4.69) is 35.8 Å². The Morgan fingerprint density at radius 2 is 1.36 bits per heavy atom. The van der Waals surface area contributed by atoms with E-state index in [9.17, 15) is 10.2 Å². The molecule has 0 fully saturated rings. The van der Waals surface area contributed by atoms with Gasteiger partial charge in [-0.3, -0.25) is 0 Å². The summed E-state index contributed by atoms with van der Waals surface area (Å²) in [7, 11) is 0. The largest absolute Gasteiger partial charge is 0.508 e. The second-order valence-corrected chi connectivity index (χ2v) is 6.29. The normalized spacial score (nSPS) is 11.1. The van der Waals surface area contributed by atoms with Gasteiger partial charge in [-0.05, 0) is 66.1 Å². The van der Waals surface area contributed by atoms with Crippen LogP contribution in [0.5, 0.6) is 11.5 Å². The molecule has 3 aromatic carbocycles. The van der Waals surface area contributed by atoms with E-state index in [-0.39, 0.29) is 11.5 Å². The maximum Gasteiger partial charge on any atom is 0.115 e. The van der Waals surface area contributed by atoms with E-state index in [1.807, 2.05) is 24.3 Å². The minimum atomic E-state index is 0.266. The number of aryl methyl sites for hydroxylation is 1. The van der Waals surface area contributed by atoms with Crippen LogP contribution in [0, 0.1) is 6.92 Å². The van der Waals surface area contributed by atoms with Gasteiger partial charge in [-0.2, -0.15) is 0 Å². The molecular weight excluding hydrogens is 310 g/mol. The van der Waals surface area contributed by atoms with Crippen molar-refractivity contribution in [2.24, 2.45) is 0 Å². The Hall–Kier alpha value is -3.20. The first-order valence-corrected chi connectivity index (χ1v) is 8.28. The molecule has 0 aliphatic carbocycles. The van der Waals surface area contributed by atoms with E-state index in [0.717, 1.165) is 16.8 Å². The number of aromatic hydroxyl groups is 2. The van der Waals surface area contributed by atoms with Crippen LogP contribution in [0.4, 0.5) is 0 Å². The molecule has 2 N–H and O–H groups in total. The number of nitrogens with zero attached hydrogens (tertiary/aromatic N) is 1. The van der Waals surface area contributed by atoms with Gasteiger partial charge in [0.25, 0.3) is 0 Å². The first-order chi connectivity index (χ1) is 12.1. The van der Waals surface area contributed by atoms with Gasteiger partial charge in [0.05, 0.1) is 5.69 Å². The molecule has 3 nitrogen and oxygen atoms in total. The summed E-state index contributed by atoms with van der Waals surface area (Å²) in [6, 6.07) is 23.0. The summed E-state index contributed by atoms with van der Waals surface area (Å²) in [4.78, 5) is 0. The first-order valence-electron chi connectivity index (χ1n) is 8.28. The highest BCUT2D eigenvalue weighted by atomic mass is 16.3. The summed E-state index contributed by atoms with van der Waals surface area (Å²) in [5, 5.41) is 20.4. The van der Waals surface area contributed by atoms with Crippen LogP contribution in [0.2, 0.25) is 0 Å². The van der Waals surface area contributed by atoms with Crippen molar-refractivity contribution in [1.29, 1.82) is 0 Å². The number of fused-ring (bicyclic) bond motifs is 1. The van der Waals surface area contributed by atoms with Gasteiger partial charge in [0.1, 0.15) is 11.5 Å². The van der Waals surface area contributed by atoms with Crippen molar-refractivity contribution in [2.75, 3.05) is 0 Å². The zero-order chi connectivity index (χ0) is 17.4. The third-order valence-corrected chi connectivity index (χ3v) is 4.64. The van der Waals surface area contributed by atoms with E-state index in [0.29, 0.717) is 6.54 Å². The van der Waals surface area contributed by atoms with Crippen LogP contribution in [-0.2, 0) is 6.54 Å². The molecule has 124 valence electrons. The third kappa shape index (κ3) is 2.74. The number of hydrogen-bond acceptors (Lipinski definition) is 2. The molecule has 0 radical (unpaired) electrons. The molecule has 0 atom stereocenters. The predicted molar refractivity (Wildman–Crippen MR) is 101 cm³/mol. The lowest BCUT2D eigenvalue weighted by Gasteiger charge is -2.12. The fourth-order valence-electron chi connectivity index (χ4n) is 3.42. The van der Waals surface area contributed by atoms with Crippen LogP contribution in [-0.4, -0.2) is 14.8 Å². The van der Waals surface area contributed by atoms with Crippen LogP contribution >= 0.6 is 0 Å². The second-order valence-electron chi connectivity index (χ2n) is 6.29. The van der Waals surface area contributed by atoms with Crippen molar-refractivity contribution in [3.8, 4) is 22.8 Å². The zero-order valence-electron chi connectivity index (χ0n) is 14.0. The lowest BCUT2D eigenvalue weighted by atomic mass is 10.1. The van der Waals surface area contributed by atoms with E-state index in [1.54, 1.807) is 24.3 Å². The minimum Gasteiger partial charge on any atom is -0.508 e. The summed E-state index contributed by atoms with van der Waals surface area (Å²) in [6.45, 7) is 2.85. The highest BCUT2D eigenvalue weighted by Gasteiger charge is 2.15. The zero-order valence-corrected chi connectivity index (χ0v) is 14.0. The van der Waals surface area contributed by atoms with Crippen LogP contribution in [0.3, 0.4) is 0 Å². The molecule has 0 aliphatic rings. The van der Waals surface area contributed by atoms with Gasteiger partial charge in [-0.25, -0.2) is 0 Å². The van der Waals surface area contributed by atoms with Crippen LogP contribution < -0.4 is 0 Å². The summed E-state index contributed by atoms with van der Waals surface area (Å²) in [6.07, 6.45) is 0. The molecule has 4 aromatic rings. The lowest BCUT2D eigenvalue weighted by Crippen LogP contribution is -2.02. The molecule has 1 heterocycles. The van der Waals surface area contributed by atoms with Crippen molar-refractivity contribution in [1.82, 2.24) is 4.57 Å². The van der Waals surface area contributed by atoms with E-state index in [4.69, 9.17) is 0 Å². The maximum absolute atomic E-state index is 9.61. The topological polar surface area (TPSA) is 45.4 Å². The van der Waals surface area contributed by atoms with Crippen molar-refractivity contribution >= 4 is 10.9 Å². The minimum absolute atomic E-state index is 0.266. The summed E-state index contributed by atoms with van der Waals surface area (Å²) in [5.74, 6) is 0.540. The Labute approximate surface area is 146 Å². The SMILES string of the molecule is Cc1c(-c2ccc(O)cc2)n(Cc2ccc(O)cc2)c2ccccc12. The van der Waals surface area contributed by atoms with Gasteiger partial charge >= 0.3 is 0 Å². The van der Waals surface area contributed by atoms with Crippen molar-refractivity contribution < 1.29 is 10.2 Å². The number of phenolic OH excluding ortho intramolecular Hbond substituents is 2. The number of benzene rings is 3. The van der Waals surface area contributed by atoms with Crippen molar-refractivity contribution in [3.05, 3.63) is 83.9 Å². The Morgan fingerprint density at radius 3 is 2.04 bits per heavy atom. The summed E-state index contributed by atoms with van der Waals surface area (Å²) < 4.78 is 2.30. The molecule has 4 rings (SSSR count). The second kappa shape index (κ2) is 6.02. The molecule has 0 aliphatic heterocycles. The molecule has 0 unspecified atom stereocenters. The Balaban J connectivity index is 1.92. The van der Waals surface area contributed by atoms with Gasteiger partial charge in [-0.1, -0.05) is 30.3 Å². The first kappa shape index (κ1) is 15.3. The predicted octanol–water partition coefficient (Wildman–Crippen LogP) is 5.08. The highest BCUT2D eigenvalue weighted by Crippen LogP contribution is 2.34. The lowest BCUT2D eigenvalue weighted by molar-refractivity contribution is 0.474. The van der Waals surface area contributed by atoms with Gasteiger partial charge in [-0.15, -0.1) is 0 Å².